The fraction of sp³-hybridized carbons (Fsp3) is 0.500. The summed E-state index contributed by atoms with van der Waals surface area (Å²) >= 11 is 0. The molecule has 17 heteroatoms. The van der Waals surface area contributed by atoms with Crippen molar-refractivity contribution < 1.29 is 50.2 Å². The van der Waals surface area contributed by atoms with Gasteiger partial charge in [0.05, 0.1) is 24.8 Å². The van der Waals surface area contributed by atoms with E-state index in [2.05, 4.69) is 16.9 Å². The number of cyclic esters (lactones) is 1. The summed E-state index contributed by atoms with van der Waals surface area (Å²) in [4.78, 5) is 59.1. The standard InChI is InChI=1S/C34H38F3N5O8S/c1-2-22-17-33(22,31(45)41-51(47,48)24-10-11-24)40-28(43)27-16-23-19-42(27)30(44)26(18-34(35,36)37)39-32(46)49-14-6-4-3-5-7-20-8-9-21-12-13-38-29(50-23)25(21)15-20/h2,5,7-9,12-13,15,22-24,26-27H,1,3-4,6,10-11,14,16-19H2,(H,39,46)(H,40,43)(H,41,45)/b7-5+/t22-,23-,26-,27+,33?/m1/s1. The van der Waals surface area contributed by atoms with Crippen LogP contribution in [0.3, 0.4) is 0 Å². The molecule has 1 saturated heterocycles. The van der Waals surface area contributed by atoms with Crippen molar-refractivity contribution in [3.8, 4) is 5.88 Å². The summed E-state index contributed by atoms with van der Waals surface area (Å²) in [5.41, 5.74) is -0.869. The summed E-state index contributed by atoms with van der Waals surface area (Å²) < 4.78 is 79.9. The predicted octanol–water partition coefficient (Wildman–Crippen LogP) is 3.50. The van der Waals surface area contributed by atoms with E-state index in [0.717, 1.165) is 15.8 Å². The molecule has 0 radical (unpaired) electrons. The zero-order valence-corrected chi connectivity index (χ0v) is 28.3. The molecule has 51 heavy (non-hydrogen) atoms. The molecule has 4 bridgehead atoms. The number of halogens is 3. The Balaban J connectivity index is 1.33. The highest BCUT2D eigenvalue weighted by molar-refractivity contribution is 7.91. The number of pyridine rings is 1. The van der Waals surface area contributed by atoms with Crippen LogP contribution in [-0.4, -0.2) is 90.4 Å². The molecule has 5 atom stereocenters. The third-order valence-corrected chi connectivity index (χ3v) is 11.3. The van der Waals surface area contributed by atoms with Gasteiger partial charge < -0.3 is 25.0 Å². The summed E-state index contributed by atoms with van der Waals surface area (Å²) in [7, 11) is -3.99. The number of carbonyl (C=O) groups is 4. The van der Waals surface area contributed by atoms with Crippen LogP contribution in [0, 0.1) is 5.92 Å². The van der Waals surface area contributed by atoms with Gasteiger partial charge in [-0.1, -0.05) is 30.4 Å². The normalized spacial score (nSPS) is 27.9. The Kier molecular flexibility index (Phi) is 10.0. The molecule has 4 amide bonds. The number of benzene rings is 1. The number of ether oxygens (including phenoxy) is 2. The number of rotatable bonds is 7. The van der Waals surface area contributed by atoms with Crippen molar-refractivity contribution in [2.75, 3.05) is 13.2 Å². The lowest BCUT2D eigenvalue weighted by atomic mass is 10.1. The van der Waals surface area contributed by atoms with Crippen LogP contribution in [-0.2, 0) is 29.1 Å². The highest BCUT2D eigenvalue weighted by Gasteiger charge is 2.62. The average Bonchev–Trinajstić information content (AvgIpc) is 3.99. The summed E-state index contributed by atoms with van der Waals surface area (Å²) in [6, 6.07) is 3.78. The maximum absolute atomic E-state index is 14.0. The molecule has 3 heterocycles. The number of nitrogens with one attached hydrogen (secondary N) is 3. The van der Waals surface area contributed by atoms with Crippen LogP contribution in [0.2, 0.25) is 0 Å². The van der Waals surface area contributed by atoms with E-state index in [1.165, 1.54) is 12.3 Å². The Hall–Kier alpha value is -4.67. The van der Waals surface area contributed by atoms with Gasteiger partial charge in [-0.15, -0.1) is 6.58 Å². The number of alkyl carbamates (subject to hydrolysis) is 1. The highest BCUT2D eigenvalue weighted by Crippen LogP contribution is 2.45. The third-order valence-electron chi connectivity index (χ3n) is 9.46. The summed E-state index contributed by atoms with van der Waals surface area (Å²) in [6.07, 6.45) is 0.131. The van der Waals surface area contributed by atoms with Gasteiger partial charge in [0.2, 0.25) is 27.7 Å². The number of hydrogen-bond acceptors (Lipinski definition) is 9. The van der Waals surface area contributed by atoms with Crippen molar-refractivity contribution in [2.45, 2.75) is 86.5 Å². The lowest BCUT2D eigenvalue weighted by Gasteiger charge is -2.30. The van der Waals surface area contributed by atoms with Crippen LogP contribution in [0.1, 0.15) is 56.9 Å². The zero-order valence-electron chi connectivity index (χ0n) is 27.5. The van der Waals surface area contributed by atoms with Crippen LogP contribution in [0.15, 0.2) is 49.2 Å². The molecule has 0 spiro atoms. The SMILES string of the molecule is C=C[C@@H]1CC1(NC(=O)[C@@H]1C[C@@H]2CN1C(=O)[C@@H](CC(F)(F)F)NC(=O)OCCCC/C=C/c1ccc3ccnc(c3c1)O2)C(=O)NS(=O)(=O)C1CC1. The predicted molar refractivity (Wildman–Crippen MR) is 177 cm³/mol. The number of hydrogen-bond donors (Lipinski definition) is 3. The zero-order chi connectivity index (χ0) is 36.6. The number of alkyl halides is 3. The Morgan fingerprint density at radius 3 is 2.67 bits per heavy atom. The van der Waals surface area contributed by atoms with E-state index in [-0.39, 0.29) is 31.9 Å². The maximum atomic E-state index is 14.0. The van der Waals surface area contributed by atoms with E-state index in [1.54, 1.807) is 6.07 Å². The monoisotopic (exact) mass is 733 g/mol. The van der Waals surface area contributed by atoms with Crippen LogP contribution in [0.5, 0.6) is 5.88 Å². The van der Waals surface area contributed by atoms with E-state index in [0.29, 0.717) is 37.5 Å². The molecule has 274 valence electrons. The topological polar surface area (TPSA) is 173 Å². The lowest BCUT2D eigenvalue weighted by molar-refractivity contribution is -0.155. The number of amides is 4. The molecular formula is C34H38F3N5O8S. The molecule has 2 aliphatic heterocycles. The summed E-state index contributed by atoms with van der Waals surface area (Å²) in [6.45, 7) is 3.19. The van der Waals surface area contributed by atoms with Gasteiger partial charge in [0.1, 0.15) is 23.7 Å². The minimum atomic E-state index is -4.90. The number of sulfonamides is 1. The first-order valence-electron chi connectivity index (χ1n) is 16.7. The van der Waals surface area contributed by atoms with Crippen molar-refractivity contribution in [3.63, 3.8) is 0 Å². The van der Waals surface area contributed by atoms with E-state index in [9.17, 15) is 40.8 Å². The smallest absolute Gasteiger partial charge is 0.407 e. The van der Waals surface area contributed by atoms with Crippen LogP contribution in [0.4, 0.5) is 18.0 Å². The number of nitrogens with zero attached hydrogens (tertiary/aromatic N) is 2. The first-order valence-corrected chi connectivity index (χ1v) is 18.3. The third kappa shape index (κ3) is 8.29. The lowest BCUT2D eigenvalue weighted by Crippen LogP contribution is -2.58. The molecule has 1 aromatic carbocycles. The number of carbonyl (C=O) groups excluding carboxylic acids is 4. The molecule has 13 nitrogen and oxygen atoms in total. The molecule has 3 N–H and O–H groups in total. The minimum Gasteiger partial charge on any atom is -0.472 e. The van der Waals surface area contributed by atoms with Gasteiger partial charge in [-0.25, -0.2) is 18.2 Å². The van der Waals surface area contributed by atoms with Crippen molar-refractivity contribution in [1.82, 2.24) is 25.2 Å². The molecule has 2 aromatic rings. The van der Waals surface area contributed by atoms with E-state index < -0.39 is 81.3 Å². The quantitative estimate of drug-likeness (QED) is 0.360. The highest BCUT2D eigenvalue weighted by atomic mass is 32.2. The Bertz CT molecular complexity index is 1870. The van der Waals surface area contributed by atoms with E-state index >= 15 is 0 Å². The molecular weight excluding hydrogens is 695 g/mol. The first-order chi connectivity index (χ1) is 24.2. The summed E-state index contributed by atoms with van der Waals surface area (Å²) in [5, 5.41) is 5.29. The van der Waals surface area contributed by atoms with Crippen LogP contribution in [0.25, 0.3) is 16.8 Å². The Morgan fingerprint density at radius 1 is 1.18 bits per heavy atom. The largest absolute Gasteiger partial charge is 0.472 e. The van der Waals surface area contributed by atoms with Crippen molar-refractivity contribution >= 4 is 50.7 Å². The van der Waals surface area contributed by atoms with E-state index in [1.807, 2.05) is 40.4 Å². The first kappa shape index (κ1) is 36.1. The van der Waals surface area contributed by atoms with Crippen LogP contribution < -0.4 is 20.1 Å². The van der Waals surface area contributed by atoms with Gasteiger partial charge in [0.15, 0.2) is 0 Å². The molecule has 2 saturated carbocycles. The molecule has 4 aliphatic rings. The van der Waals surface area contributed by atoms with Crippen LogP contribution >= 0.6 is 0 Å². The van der Waals surface area contributed by atoms with Gasteiger partial charge in [-0.2, -0.15) is 13.2 Å². The second-order valence-corrected chi connectivity index (χ2v) is 15.3. The molecule has 2 aliphatic carbocycles. The molecule has 6 rings (SSSR count). The molecule has 1 aromatic heterocycles. The van der Waals surface area contributed by atoms with Crippen molar-refractivity contribution in [3.05, 3.63) is 54.8 Å². The van der Waals surface area contributed by atoms with Gasteiger partial charge in [0, 0.05) is 23.9 Å². The fourth-order valence-electron chi connectivity index (χ4n) is 6.47. The maximum Gasteiger partial charge on any atom is 0.407 e. The van der Waals surface area contributed by atoms with E-state index in [4.69, 9.17) is 9.47 Å². The molecule has 3 fully saturated rings. The number of allylic oxidation sites excluding steroid dienone is 1. The fourth-order valence-corrected chi connectivity index (χ4v) is 7.84. The van der Waals surface area contributed by atoms with Gasteiger partial charge in [-0.05, 0) is 61.6 Å². The minimum absolute atomic E-state index is 0.00958. The van der Waals surface area contributed by atoms with Crippen molar-refractivity contribution in [2.24, 2.45) is 5.92 Å². The van der Waals surface area contributed by atoms with Crippen molar-refractivity contribution in [1.29, 1.82) is 0 Å². The van der Waals surface area contributed by atoms with Gasteiger partial charge in [-0.3, -0.25) is 19.1 Å². The second-order valence-electron chi connectivity index (χ2n) is 13.3. The Labute approximate surface area is 292 Å². The number of aromatic nitrogens is 1. The Morgan fingerprint density at radius 2 is 1.96 bits per heavy atom. The van der Waals surface area contributed by atoms with Gasteiger partial charge in [0.25, 0.3) is 5.91 Å². The van der Waals surface area contributed by atoms with Gasteiger partial charge >= 0.3 is 12.3 Å². The summed E-state index contributed by atoms with van der Waals surface area (Å²) in [5.74, 6) is -3.61. The molecule has 1 unspecified atom stereocenters. The average molecular weight is 734 g/mol. The number of fused-ring (bicyclic) bond motifs is 3. The second kappa shape index (κ2) is 14.2.